The lowest BCUT2D eigenvalue weighted by molar-refractivity contribution is 0.380. The zero-order valence-corrected chi connectivity index (χ0v) is 9.53. The number of H-pyrrole nitrogens is 1. The van der Waals surface area contributed by atoms with Crippen LogP contribution in [-0.4, -0.2) is 15.1 Å². The van der Waals surface area contributed by atoms with Crippen molar-refractivity contribution in [2.24, 2.45) is 5.73 Å². The number of halogens is 1. The molecule has 0 aliphatic rings. The molecule has 0 saturated heterocycles. The quantitative estimate of drug-likeness (QED) is 0.729. The Morgan fingerprint density at radius 3 is 3.06 bits per heavy atom. The lowest BCUT2D eigenvalue weighted by atomic mass is 10.1. The van der Waals surface area contributed by atoms with Crippen molar-refractivity contribution in [3.05, 3.63) is 35.3 Å². The van der Waals surface area contributed by atoms with Crippen molar-refractivity contribution in [3.63, 3.8) is 0 Å². The van der Waals surface area contributed by atoms with E-state index in [-0.39, 0.29) is 6.54 Å². The van der Waals surface area contributed by atoms with E-state index in [1.807, 2.05) is 18.2 Å². The van der Waals surface area contributed by atoms with Crippen LogP contribution in [0.5, 0.6) is 0 Å². The van der Waals surface area contributed by atoms with Crippen molar-refractivity contribution in [3.8, 4) is 11.4 Å². The SMILES string of the molecule is NCc1nc(-c2ccc3c(Cl)c[nH]c3c2)no1. The van der Waals surface area contributed by atoms with Crippen molar-refractivity contribution in [2.45, 2.75) is 6.54 Å². The number of hydrogen-bond acceptors (Lipinski definition) is 4. The topological polar surface area (TPSA) is 80.7 Å². The van der Waals surface area contributed by atoms with Gasteiger partial charge in [0.25, 0.3) is 0 Å². The van der Waals surface area contributed by atoms with E-state index in [0.717, 1.165) is 16.5 Å². The molecule has 17 heavy (non-hydrogen) atoms. The van der Waals surface area contributed by atoms with Crippen molar-refractivity contribution < 1.29 is 4.52 Å². The molecule has 0 fully saturated rings. The number of nitrogens with two attached hydrogens (primary N) is 1. The van der Waals surface area contributed by atoms with E-state index in [1.165, 1.54) is 0 Å². The summed E-state index contributed by atoms with van der Waals surface area (Å²) in [5.74, 6) is 0.947. The Hall–Kier alpha value is -1.85. The predicted molar refractivity (Wildman–Crippen MR) is 64.5 cm³/mol. The predicted octanol–water partition coefficient (Wildman–Crippen LogP) is 2.33. The number of hydrogen-bond donors (Lipinski definition) is 2. The molecule has 86 valence electrons. The minimum atomic E-state index is 0.240. The molecule has 3 rings (SSSR count). The summed E-state index contributed by atoms with van der Waals surface area (Å²) in [4.78, 5) is 7.24. The summed E-state index contributed by atoms with van der Waals surface area (Å²) in [6.07, 6.45) is 1.75. The summed E-state index contributed by atoms with van der Waals surface area (Å²) >= 11 is 6.00. The van der Waals surface area contributed by atoms with Gasteiger partial charge in [-0.3, -0.25) is 0 Å². The molecule has 0 unspecified atom stereocenters. The number of aromatic amines is 1. The fourth-order valence-corrected chi connectivity index (χ4v) is 1.90. The Bertz CT molecular complexity index is 673. The van der Waals surface area contributed by atoms with Gasteiger partial charge < -0.3 is 15.2 Å². The van der Waals surface area contributed by atoms with Crippen molar-refractivity contribution >= 4 is 22.5 Å². The molecule has 0 saturated carbocycles. The average Bonchev–Trinajstić information content (AvgIpc) is 2.96. The number of aromatic nitrogens is 3. The van der Waals surface area contributed by atoms with Gasteiger partial charge in [-0.2, -0.15) is 4.98 Å². The summed E-state index contributed by atoms with van der Waals surface area (Å²) in [5, 5.41) is 5.52. The molecule has 5 nitrogen and oxygen atoms in total. The van der Waals surface area contributed by atoms with Crippen molar-refractivity contribution in [1.29, 1.82) is 0 Å². The highest BCUT2D eigenvalue weighted by atomic mass is 35.5. The van der Waals surface area contributed by atoms with Crippen LogP contribution in [0.2, 0.25) is 5.02 Å². The third kappa shape index (κ3) is 1.69. The molecule has 2 heterocycles. The molecule has 3 N–H and O–H groups in total. The van der Waals surface area contributed by atoms with Gasteiger partial charge >= 0.3 is 0 Å². The number of nitrogens with zero attached hydrogens (tertiary/aromatic N) is 2. The molecule has 0 amide bonds. The molecule has 2 aromatic heterocycles. The van der Waals surface area contributed by atoms with E-state index in [9.17, 15) is 0 Å². The van der Waals surface area contributed by atoms with Crippen LogP contribution in [0.15, 0.2) is 28.9 Å². The lowest BCUT2D eigenvalue weighted by Gasteiger charge is -1.95. The standard InChI is InChI=1S/C11H9ClN4O/c12-8-5-14-9-3-6(1-2-7(8)9)11-15-10(4-13)17-16-11/h1-3,5,14H,4,13H2. The smallest absolute Gasteiger partial charge is 0.240 e. The first-order valence-corrected chi connectivity index (χ1v) is 5.45. The molecule has 3 aromatic rings. The average molecular weight is 249 g/mol. The third-order valence-corrected chi connectivity index (χ3v) is 2.84. The van der Waals surface area contributed by atoms with Gasteiger partial charge in [0.1, 0.15) is 0 Å². The first kappa shape index (κ1) is 10.3. The van der Waals surface area contributed by atoms with E-state index in [2.05, 4.69) is 15.1 Å². The fourth-order valence-electron chi connectivity index (χ4n) is 1.68. The van der Waals surface area contributed by atoms with E-state index < -0.39 is 0 Å². The molecule has 6 heteroatoms. The summed E-state index contributed by atoms with van der Waals surface area (Å²) in [5.41, 5.74) is 7.21. The Labute approximate surface area is 102 Å². The van der Waals surface area contributed by atoms with Gasteiger partial charge in [-0.05, 0) is 6.07 Å². The molecule has 1 aromatic carbocycles. The monoisotopic (exact) mass is 248 g/mol. The van der Waals surface area contributed by atoms with E-state index in [0.29, 0.717) is 16.7 Å². The van der Waals surface area contributed by atoms with Crippen LogP contribution >= 0.6 is 11.6 Å². The highest BCUT2D eigenvalue weighted by Crippen LogP contribution is 2.26. The minimum Gasteiger partial charge on any atom is -0.360 e. The Morgan fingerprint density at radius 2 is 2.29 bits per heavy atom. The van der Waals surface area contributed by atoms with E-state index in [4.69, 9.17) is 21.9 Å². The van der Waals surface area contributed by atoms with E-state index >= 15 is 0 Å². The van der Waals surface area contributed by atoms with Gasteiger partial charge in [0.15, 0.2) is 0 Å². The van der Waals surface area contributed by atoms with Crippen LogP contribution < -0.4 is 5.73 Å². The first-order chi connectivity index (χ1) is 8.28. The maximum Gasteiger partial charge on any atom is 0.240 e. The number of benzene rings is 1. The van der Waals surface area contributed by atoms with Gasteiger partial charge in [-0.25, -0.2) is 0 Å². The largest absolute Gasteiger partial charge is 0.360 e. The molecule has 0 radical (unpaired) electrons. The lowest BCUT2D eigenvalue weighted by Crippen LogP contribution is -1.95. The number of nitrogens with one attached hydrogen (secondary N) is 1. The van der Waals surface area contributed by atoms with Gasteiger partial charge in [-0.15, -0.1) is 0 Å². The van der Waals surface area contributed by atoms with Gasteiger partial charge in [-0.1, -0.05) is 28.9 Å². The van der Waals surface area contributed by atoms with Gasteiger partial charge in [0.2, 0.25) is 11.7 Å². The van der Waals surface area contributed by atoms with Crippen molar-refractivity contribution in [2.75, 3.05) is 0 Å². The second kappa shape index (κ2) is 3.87. The Morgan fingerprint density at radius 1 is 1.41 bits per heavy atom. The maximum atomic E-state index is 6.00. The van der Waals surface area contributed by atoms with Crippen LogP contribution in [0.1, 0.15) is 5.89 Å². The maximum absolute atomic E-state index is 6.00. The highest BCUT2D eigenvalue weighted by Gasteiger charge is 2.09. The first-order valence-electron chi connectivity index (χ1n) is 5.07. The molecule has 0 aliphatic carbocycles. The second-order valence-electron chi connectivity index (χ2n) is 3.61. The van der Waals surface area contributed by atoms with E-state index in [1.54, 1.807) is 6.20 Å². The normalized spacial score (nSPS) is 11.2. The Balaban J connectivity index is 2.11. The molecular formula is C11H9ClN4O. The summed E-state index contributed by atoms with van der Waals surface area (Å²) in [7, 11) is 0. The van der Waals surface area contributed by atoms with Gasteiger partial charge in [0.05, 0.1) is 11.6 Å². The molecule has 0 bridgehead atoms. The number of rotatable bonds is 2. The van der Waals surface area contributed by atoms with Crippen LogP contribution in [0.3, 0.4) is 0 Å². The number of fused-ring (bicyclic) bond motifs is 1. The zero-order valence-electron chi connectivity index (χ0n) is 8.77. The third-order valence-electron chi connectivity index (χ3n) is 2.53. The molecule has 0 aliphatic heterocycles. The summed E-state index contributed by atoms with van der Waals surface area (Å²) in [6, 6.07) is 5.74. The molecular weight excluding hydrogens is 240 g/mol. The second-order valence-corrected chi connectivity index (χ2v) is 4.02. The highest BCUT2D eigenvalue weighted by molar-refractivity contribution is 6.35. The van der Waals surface area contributed by atoms with Crippen LogP contribution in [0.25, 0.3) is 22.3 Å². The zero-order chi connectivity index (χ0) is 11.8. The van der Waals surface area contributed by atoms with Crippen molar-refractivity contribution in [1.82, 2.24) is 15.1 Å². The fraction of sp³-hybridized carbons (Fsp3) is 0.0909. The van der Waals surface area contributed by atoms with Gasteiger partial charge in [0, 0.05) is 22.7 Å². The molecule has 0 atom stereocenters. The van der Waals surface area contributed by atoms with Crippen LogP contribution in [0, 0.1) is 0 Å². The summed E-state index contributed by atoms with van der Waals surface area (Å²) in [6.45, 7) is 0.240. The molecule has 0 spiro atoms. The van der Waals surface area contributed by atoms with Crippen LogP contribution in [-0.2, 0) is 6.54 Å². The minimum absolute atomic E-state index is 0.240. The summed E-state index contributed by atoms with van der Waals surface area (Å²) < 4.78 is 4.96. The Kier molecular flexibility index (Phi) is 2.35. The van der Waals surface area contributed by atoms with Crippen LogP contribution in [0.4, 0.5) is 0 Å².